The van der Waals surface area contributed by atoms with Crippen molar-refractivity contribution in [3.8, 4) is 0 Å². The molecule has 2 fully saturated rings. The van der Waals surface area contributed by atoms with Crippen LogP contribution in [0.4, 0.5) is 5.69 Å². The number of amides is 2. The molecule has 3 aliphatic rings. The van der Waals surface area contributed by atoms with Gasteiger partial charge in [0.05, 0.1) is 35.5 Å². The Morgan fingerprint density at radius 1 is 1.24 bits per heavy atom. The van der Waals surface area contributed by atoms with E-state index in [0.29, 0.717) is 23.6 Å². The topological polar surface area (TPSA) is 174 Å². The second kappa shape index (κ2) is 13.5. The van der Waals surface area contributed by atoms with Crippen LogP contribution in [0.25, 0.3) is 0 Å². The van der Waals surface area contributed by atoms with Gasteiger partial charge in [-0.15, -0.1) is 11.8 Å². The molecule has 222 valence electrons. The summed E-state index contributed by atoms with van der Waals surface area (Å²) < 4.78 is 10.3. The molecular weight excluding hydrogens is 577 g/mol. The number of nitrogens with one attached hydrogen (secondary N) is 2. The number of nitrogens with zero attached hydrogens (tertiary/aromatic N) is 1. The zero-order valence-corrected chi connectivity index (χ0v) is 27.3. The first-order chi connectivity index (χ1) is 19.2. The van der Waals surface area contributed by atoms with Gasteiger partial charge in [0.15, 0.2) is 0 Å². The molecule has 3 N–H and O–H groups in total. The second-order valence-electron chi connectivity index (χ2n) is 11.5. The number of esters is 2. The minimum absolute atomic E-state index is 0. The predicted octanol–water partition coefficient (Wildman–Crippen LogP) is -2.38. The molecule has 3 heterocycles. The number of carbonyl (C=O) groups excluding carboxylic acids is 5. The molecule has 4 rings (SSSR count). The van der Waals surface area contributed by atoms with E-state index in [-0.39, 0.29) is 63.8 Å². The maximum Gasteiger partial charge on any atom is 1.00 e. The summed E-state index contributed by atoms with van der Waals surface area (Å²) in [6.07, 6.45) is -0.506. The molecule has 12 nitrogen and oxygen atoms in total. The van der Waals surface area contributed by atoms with Crippen molar-refractivity contribution in [2.24, 2.45) is 17.3 Å². The molecule has 0 unspecified atom stereocenters. The van der Waals surface area contributed by atoms with E-state index in [1.807, 2.05) is 6.92 Å². The van der Waals surface area contributed by atoms with Gasteiger partial charge in [0.1, 0.15) is 5.70 Å². The number of hydrogen-bond acceptors (Lipinski definition) is 11. The molecule has 0 aliphatic carbocycles. The van der Waals surface area contributed by atoms with Crippen molar-refractivity contribution in [1.29, 1.82) is 0 Å². The van der Waals surface area contributed by atoms with Crippen LogP contribution in [0.5, 0.6) is 0 Å². The third-order valence-electron chi connectivity index (χ3n) is 7.36. The molecule has 0 saturated carbocycles. The predicted molar refractivity (Wildman–Crippen MR) is 146 cm³/mol. The Balaban J connectivity index is 0.00000484. The first-order valence-electron chi connectivity index (χ1n) is 13.3. The number of thioether (sulfide) groups is 1. The molecule has 2 saturated heterocycles. The standard InChI is InChI=1S/C28H35N3O9S.Na/c1-13-20-19(14(2)32)24(34)31(20)21(26(37)39-12-40-27(38)28(3,4)5)22(13)41-17-10-18(29-11-17)23(33)30-16-8-6-7-15(9-16)25(35)36;/h6-9,13-14,17-20,29,32H,10-12H2,1-5H3,(H,30,33)(H,35,36);/q;+1/p-1/t13-,14-,17+,18+,19-,20-;/m1./s1. The number of rotatable bonds is 9. The van der Waals surface area contributed by atoms with E-state index in [1.165, 1.54) is 41.8 Å². The Labute approximate surface area is 270 Å². The Bertz CT molecular complexity index is 1300. The number of benzene rings is 1. The van der Waals surface area contributed by atoms with E-state index in [4.69, 9.17) is 9.47 Å². The Hall–Kier alpha value is -2.42. The van der Waals surface area contributed by atoms with Gasteiger partial charge in [-0.3, -0.25) is 14.4 Å². The second-order valence-corrected chi connectivity index (χ2v) is 12.8. The smallest absolute Gasteiger partial charge is 0.545 e. The molecule has 3 aliphatic heterocycles. The van der Waals surface area contributed by atoms with Gasteiger partial charge in [-0.2, -0.15) is 0 Å². The van der Waals surface area contributed by atoms with Crippen LogP contribution < -0.4 is 45.3 Å². The van der Waals surface area contributed by atoms with E-state index in [1.54, 1.807) is 26.8 Å². The zero-order chi connectivity index (χ0) is 30.2. The van der Waals surface area contributed by atoms with Gasteiger partial charge in [0.25, 0.3) is 0 Å². The largest absolute Gasteiger partial charge is 1.00 e. The van der Waals surface area contributed by atoms with Gasteiger partial charge in [-0.05, 0) is 51.8 Å². The molecular formula is C28H34N3NaO9S. The first kappa shape index (κ1) is 34.1. The van der Waals surface area contributed by atoms with Crippen molar-refractivity contribution >= 4 is 47.2 Å². The van der Waals surface area contributed by atoms with Gasteiger partial charge in [-0.1, -0.05) is 19.1 Å². The SMILES string of the molecule is C[C@@H](O)[C@H]1C(=O)N2C(C(=O)OCOC(=O)C(C)(C)C)=C(S[C@@H]3CN[C@H](C(=O)Nc4cccc(C(=O)[O-])c4)C3)[C@H](C)[C@H]12.[Na+]. The Morgan fingerprint density at radius 2 is 1.93 bits per heavy atom. The molecule has 14 heteroatoms. The third kappa shape index (κ3) is 7.03. The number of ether oxygens (including phenoxy) is 2. The molecule has 0 radical (unpaired) electrons. The minimum Gasteiger partial charge on any atom is -0.545 e. The fraction of sp³-hybridized carbons (Fsp3) is 0.536. The maximum absolute atomic E-state index is 13.2. The zero-order valence-electron chi connectivity index (χ0n) is 24.5. The van der Waals surface area contributed by atoms with Crippen LogP contribution in [0.3, 0.4) is 0 Å². The number of aromatic carboxylic acids is 1. The Morgan fingerprint density at radius 3 is 2.55 bits per heavy atom. The summed E-state index contributed by atoms with van der Waals surface area (Å²) >= 11 is 1.37. The van der Waals surface area contributed by atoms with Gasteiger partial charge in [-0.25, -0.2) is 4.79 Å². The monoisotopic (exact) mass is 611 g/mol. The number of aliphatic hydroxyl groups excluding tert-OH is 1. The average Bonchev–Trinajstić information content (AvgIpc) is 3.45. The van der Waals surface area contributed by atoms with Crippen molar-refractivity contribution in [1.82, 2.24) is 10.2 Å². The fourth-order valence-corrected chi connectivity index (χ4v) is 6.69. The molecule has 0 aromatic heterocycles. The van der Waals surface area contributed by atoms with Crippen molar-refractivity contribution in [2.45, 2.75) is 64.5 Å². The molecule has 0 bridgehead atoms. The number of carboxylic acids is 1. The third-order valence-corrected chi connectivity index (χ3v) is 8.87. The minimum atomic E-state index is -1.35. The van der Waals surface area contributed by atoms with Gasteiger partial charge >= 0.3 is 41.5 Å². The van der Waals surface area contributed by atoms with Gasteiger partial charge in [0.2, 0.25) is 18.6 Å². The first-order valence-corrected chi connectivity index (χ1v) is 14.2. The van der Waals surface area contributed by atoms with Crippen LogP contribution >= 0.6 is 11.8 Å². The molecule has 42 heavy (non-hydrogen) atoms. The molecule has 0 spiro atoms. The summed E-state index contributed by atoms with van der Waals surface area (Å²) in [6, 6.07) is 4.77. The number of hydrogen-bond donors (Lipinski definition) is 3. The van der Waals surface area contributed by atoms with Crippen LogP contribution in [0.15, 0.2) is 34.9 Å². The van der Waals surface area contributed by atoms with E-state index in [2.05, 4.69) is 10.6 Å². The summed E-state index contributed by atoms with van der Waals surface area (Å²) in [5.74, 6) is -4.38. The van der Waals surface area contributed by atoms with Gasteiger partial charge in [0, 0.05) is 28.3 Å². The summed E-state index contributed by atoms with van der Waals surface area (Å²) in [5, 5.41) is 27.1. The summed E-state index contributed by atoms with van der Waals surface area (Å²) in [5.41, 5.74) is -0.453. The summed E-state index contributed by atoms with van der Waals surface area (Å²) in [6.45, 7) is 8.24. The van der Waals surface area contributed by atoms with Crippen LogP contribution in [0.2, 0.25) is 0 Å². The number of carboxylic acid groups (broad SMARTS) is 1. The van der Waals surface area contributed by atoms with Crippen molar-refractivity contribution in [3.63, 3.8) is 0 Å². The molecule has 6 atom stereocenters. The maximum atomic E-state index is 13.2. The van der Waals surface area contributed by atoms with Crippen LogP contribution in [-0.2, 0) is 28.7 Å². The summed E-state index contributed by atoms with van der Waals surface area (Å²) in [4.78, 5) is 64.2. The average molecular weight is 612 g/mol. The fourth-order valence-electron chi connectivity index (χ4n) is 5.22. The number of aliphatic hydroxyl groups is 1. The summed E-state index contributed by atoms with van der Waals surface area (Å²) in [7, 11) is 0. The van der Waals surface area contributed by atoms with Gasteiger partial charge < -0.3 is 40.0 Å². The number of anilines is 1. The van der Waals surface area contributed by atoms with E-state index in [0.717, 1.165) is 0 Å². The van der Waals surface area contributed by atoms with E-state index < -0.39 is 54.2 Å². The molecule has 1 aromatic carbocycles. The molecule has 2 amide bonds. The van der Waals surface area contributed by atoms with Crippen molar-refractivity contribution < 1.29 is 73.2 Å². The molecule has 1 aromatic rings. The van der Waals surface area contributed by atoms with Crippen molar-refractivity contribution in [2.75, 3.05) is 18.7 Å². The van der Waals surface area contributed by atoms with E-state index >= 15 is 0 Å². The van der Waals surface area contributed by atoms with E-state index in [9.17, 15) is 34.2 Å². The number of fused-ring (bicyclic) bond motifs is 1. The normalized spacial score (nSPS) is 25.6. The van der Waals surface area contributed by atoms with Crippen molar-refractivity contribution in [3.05, 3.63) is 40.4 Å². The van der Waals surface area contributed by atoms with Crippen LogP contribution in [-0.4, -0.2) is 76.5 Å². The quantitative estimate of drug-likeness (QED) is 0.118. The Kier molecular flexibility index (Phi) is 10.9. The van der Waals surface area contributed by atoms with Crippen LogP contribution in [0.1, 0.15) is 51.4 Å². The number of β-lactam (4-membered cyclic amide) rings is 1. The van der Waals surface area contributed by atoms with Crippen LogP contribution in [0, 0.1) is 17.3 Å². The number of carbonyl (C=O) groups is 5.